The number of aromatic hydroxyl groups is 3. The largest absolute Gasteiger partial charge is 0.508 e. The van der Waals surface area contributed by atoms with Crippen LogP contribution in [0.25, 0.3) is 0 Å². The van der Waals surface area contributed by atoms with E-state index in [0.29, 0.717) is 46.8 Å². The summed E-state index contributed by atoms with van der Waals surface area (Å²) < 4.78 is 17.4. The van der Waals surface area contributed by atoms with Crippen LogP contribution in [0.1, 0.15) is 51.0 Å². The first kappa shape index (κ1) is 29.1. The van der Waals surface area contributed by atoms with Crippen LogP contribution in [0.2, 0.25) is 0 Å². The molecule has 4 aliphatic heterocycles. The zero-order chi connectivity index (χ0) is 31.7. The van der Waals surface area contributed by atoms with E-state index in [1.54, 1.807) is 38.3 Å². The Morgan fingerprint density at radius 2 is 1.80 bits per heavy atom. The van der Waals surface area contributed by atoms with Crippen molar-refractivity contribution in [2.45, 2.75) is 63.3 Å². The number of rotatable bonds is 5. The van der Waals surface area contributed by atoms with Crippen LogP contribution in [-0.2, 0) is 24.1 Å². The molecule has 5 atom stereocenters. The van der Waals surface area contributed by atoms with E-state index >= 15 is 0 Å². The van der Waals surface area contributed by atoms with Crippen LogP contribution in [0.15, 0.2) is 30.3 Å². The van der Waals surface area contributed by atoms with Crippen molar-refractivity contribution in [3.8, 4) is 40.6 Å². The SMILES string of the molecule is COc1c(C)cc2c(c1O)[C@@H]1C3Cc4c(O)c(C)c5c(c4[C@H](CNC(=O)Cc4ccc(O)cc4)N3C(C#N)[C@H](C2)N1C)OCO5. The molecule has 2 unspecified atom stereocenters. The molecule has 2 bridgehead atoms. The third-order valence-corrected chi connectivity index (χ3v) is 10.1. The summed E-state index contributed by atoms with van der Waals surface area (Å²) in [5.74, 6) is 1.52. The van der Waals surface area contributed by atoms with E-state index < -0.39 is 12.1 Å². The summed E-state index contributed by atoms with van der Waals surface area (Å²) >= 11 is 0. The Hall–Kier alpha value is -4.66. The molecule has 4 heterocycles. The molecule has 7 rings (SSSR count). The first-order chi connectivity index (χ1) is 21.6. The zero-order valence-corrected chi connectivity index (χ0v) is 25.6. The molecule has 4 aliphatic rings. The van der Waals surface area contributed by atoms with Crippen LogP contribution in [0.4, 0.5) is 0 Å². The fourth-order valence-electron chi connectivity index (χ4n) is 8.11. The van der Waals surface area contributed by atoms with Crippen LogP contribution < -0.4 is 19.5 Å². The molecule has 0 saturated carbocycles. The number of fused-ring (bicyclic) bond motifs is 9. The molecule has 11 nitrogen and oxygen atoms in total. The normalized spacial score (nSPS) is 24.6. The molecule has 0 radical (unpaired) electrons. The number of likely N-dealkylation sites (N-methyl/N-ethyl adjacent to an activating group) is 1. The van der Waals surface area contributed by atoms with E-state index in [1.165, 1.54) is 0 Å². The van der Waals surface area contributed by atoms with Crippen LogP contribution >= 0.6 is 0 Å². The highest BCUT2D eigenvalue weighted by molar-refractivity contribution is 5.78. The fourth-order valence-corrected chi connectivity index (χ4v) is 8.11. The van der Waals surface area contributed by atoms with Gasteiger partial charge in [0.2, 0.25) is 12.7 Å². The molecule has 4 N–H and O–H groups in total. The Labute approximate surface area is 261 Å². The predicted octanol–water partition coefficient (Wildman–Crippen LogP) is 3.29. The number of nitrogens with one attached hydrogen (secondary N) is 1. The van der Waals surface area contributed by atoms with Crippen molar-refractivity contribution >= 4 is 5.91 Å². The molecule has 0 aliphatic carbocycles. The molecule has 0 spiro atoms. The number of hydrogen-bond acceptors (Lipinski definition) is 10. The fraction of sp³-hybridized carbons (Fsp3) is 0.412. The Morgan fingerprint density at radius 1 is 1.07 bits per heavy atom. The number of benzene rings is 3. The standard InChI is InChI=1S/C34H36N4O7/c1-16-9-19-11-22-24(13-35)38-23(29(37(22)3)27(19)31(42)32(16)43-4)12-21-28(34-33(44-15-45-34)17(2)30(21)41)25(38)14-36-26(40)10-18-5-7-20(39)8-6-18/h5-9,22-25,29,39,41-42H,10-12,14-15H2,1-4H3,(H,36,40)/t22-,23?,24?,25-,29-/m0/s1. The van der Waals surface area contributed by atoms with Gasteiger partial charge in [0, 0.05) is 40.9 Å². The highest BCUT2D eigenvalue weighted by Gasteiger charge is 2.56. The molecule has 1 amide bonds. The van der Waals surface area contributed by atoms with Gasteiger partial charge in [-0.2, -0.15) is 5.26 Å². The lowest BCUT2D eigenvalue weighted by Gasteiger charge is -2.60. The second kappa shape index (κ2) is 10.8. The number of aryl methyl sites for hydroxylation is 1. The van der Waals surface area contributed by atoms with E-state index in [0.717, 1.165) is 22.3 Å². The van der Waals surface area contributed by atoms with Gasteiger partial charge in [0.15, 0.2) is 23.0 Å². The topological polar surface area (TPSA) is 148 Å². The average Bonchev–Trinajstić information content (AvgIpc) is 3.50. The third-order valence-electron chi connectivity index (χ3n) is 10.1. The van der Waals surface area contributed by atoms with Crippen molar-refractivity contribution in [3.63, 3.8) is 0 Å². The number of carbonyl (C=O) groups is 1. The van der Waals surface area contributed by atoms with E-state index in [1.807, 2.05) is 20.0 Å². The van der Waals surface area contributed by atoms with E-state index in [4.69, 9.17) is 14.2 Å². The summed E-state index contributed by atoms with van der Waals surface area (Å²) in [5.41, 5.74) is 5.29. The highest BCUT2D eigenvalue weighted by Crippen LogP contribution is 2.58. The lowest BCUT2D eigenvalue weighted by molar-refractivity contribution is -0.121. The predicted molar refractivity (Wildman–Crippen MR) is 163 cm³/mol. The molecular formula is C34H36N4O7. The summed E-state index contributed by atoms with van der Waals surface area (Å²) in [6, 6.07) is 9.14. The van der Waals surface area contributed by atoms with Gasteiger partial charge in [-0.15, -0.1) is 0 Å². The minimum absolute atomic E-state index is 0.00544. The number of nitrogens with zero attached hydrogens (tertiary/aromatic N) is 3. The highest BCUT2D eigenvalue weighted by atomic mass is 16.7. The van der Waals surface area contributed by atoms with Crippen LogP contribution in [0.3, 0.4) is 0 Å². The number of hydrogen-bond donors (Lipinski definition) is 4. The van der Waals surface area contributed by atoms with Crippen LogP contribution in [0.5, 0.6) is 34.5 Å². The summed E-state index contributed by atoms with van der Waals surface area (Å²) in [4.78, 5) is 17.6. The smallest absolute Gasteiger partial charge is 0.231 e. The van der Waals surface area contributed by atoms with Crippen LogP contribution in [-0.4, -0.2) is 76.6 Å². The van der Waals surface area contributed by atoms with Gasteiger partial charge in [-0.3, -0.25) is 14.6 Å². The minimum Gasteiger partial charge on any atom is -0.508 e. The Balaban J connectivity index is 1.36. The lowest BCUT2D eigenvalue weighted by Crippen LogP contribution is -2.68. The van der Waals surface area contributed by atoms with Gasteiger partial charge in [0.05, 0.1) is 31.7 Å². The number of phenolic OH excluding ortho intramolecular Hbond substituents is 3. The Kier molecular flexibility index (Phi) is 6.95. The van der Waals surface area contributed by atoms with Crippen molar-refractivity contribution in [3.05, 3.63) is 69.3 Å². The summed E-state index contributed by atoms with van der Waals surface area (Å²) in [7, 11) is 3.53. The van der Waals surface area contributed by atoms with Gasteiger partial charge in [-0.1, -0.05) is 18.2 Å². The number of methoxy groups -OCH3 is 1. The van der Waals surface area contributed by atoms with Gasteiger partial charge < -0.3 is 34.8 Å². The van der Waals surface area contributed by atoms with Gasteiger partial charge in [0.1, 0.15) is 17.5 Å². The summed E-state index contributed by atoms with van der Waals surface area (Å²) in [5, 5.41) is 46.6. The molecule has 234 valence electrons. The first-order valence-electron chi connectivity index (χ1n) is 15.1. The second-order valence-corrected chi connectivity index (χ2v) is 12.4. The molecule has 3 aromatic carbocycles. The maximum Gasteiger partial charge on any atom is 0.231 e. The quantitative estimate of drug-likeness (QED) is 0.338. The van der Waals surface area contributed by atoms with Gasteiger partial charge in [0.25, 0.3) is 0 Å². The number of amides is 1. The maximum absolute atomic E-state index is 13.3. The number of piperazine rings is 1. The van der Waals surface area contributed by atoms with Crippen molar-refractivity contribution in [2.24, 2.45) is 0 Å². The van der Waals surface area contributed by atoms with Gasteiger partial charge >= 0.3 is 0 Å². The van der Waals surface area contributed by atoms with E-state index in [2.05, 4.69) is 21.2 Å². The minimum atomic E-state index is -0.567. The molecule has 45 heavy (non-hydrogen) atoms. The number of nitriles is 1. The average molecular weight is 613 g/mol. The van der Waals surface area contributed by atoms with E-state index in [9.17, 15) is 25.4 Å². The second-order valence-electron chi connectivity index (χ2n) is 12.4. The van der Waals surface area contributed by atoms with Crippen molar-refractivity contribution in [1.29, 1.82) is 5.26 Å². The first-order valence-corrected chi connectivity index (χ1v) is 15.1. The van der Waals surface area contributed by atoms with Crippen molar-refractivity contribution in [1.82, 2.24) is 15.1 Å². The summed E-state index contributed by atoms with van der Waals surface area (Å²) in [6.45, 7) is 3.85. The zero-order valence-electron chi connectivity index (χ0n) is 25.6. The summed E-state index contributed by atoms with van der Waals surface area (Å²) in [6.07, 6.45) is 1.04. The van der Waals surface area contributed by atoms with Gasteiger partial charge in [-0.05, 0) is 62.6 Å². The molecule has 0 aromatic heterocycles. The monoisotopic (exact) mass is 612 g/mol. The lowest BCUT2D eigenvalue weighted by atomic mass is 9.71. The molecular weight excluding hydrogens is 576 g/mol. The van der Waals surface area contributed by atoms with Gasteiger partial charge in [-0.25, -0.2) is 0 Å². The van der Waals surface area contributed by atoms with Crippen molar-refractivity contribution in [2.75, 3.05) is 27.5 Å². The molecule has 1 fully saturated rings. The molecule has 11 heteroatoms. The van der Waals surface area contributed by atoms with E-state index in [-0.39, 0.29) is 61.0 Å². The molecule has 3 aromatic rings. The Morgan fingerprint density at radius 3 is 2.51 bits per heavy atom. The number of carbonyl (C=O) groups excluding carboxylic acids is 1. The molecule has 1 saturated heterocycles. The maximum atomic E-state index is 13.3. The van der Waals surface area contributed by atoms with Crippen LogP contribution in [0, 0.1) is 25.2 Å². The van der Waals surface area contributed by atoms with Crippen molar-refractivity contribution < 1.29 is 34.3 Å². The Bertz CT molecular complexity index is 1750. The number of phenols is 3. The number of ether oxygens (including phenoxy) is 3. The third kappa shape index (κ3) is 4.35.